The number of aryl methyl sites for hydroxylation is 1. The number of carbonyl (C=O) groups excluding carboxylic acids is 1. The fourth-order valence-corrected chi connectivity index (χ4v) is 2.87. The van der Waals surface area contributed by atoms with E-state index in [1.54, 1.807) is 32.3 Å². The van der Waals surface area contributed by atoms with E-state index in [0.717, 1.165) is 16.5 Å². The Morgan fingerprint density at radius 1 is 1.15 bits per heavy atom. The second kappa shape index (κ2) is 10.7. The van der Waals surface area contributed by atoms with Gasteiger partial charge in [-0.15, -0.1) is 0 Å². The lowest BCUT2D eigenvalue weighted by molar-refractivity contribution is 0.0963. The standard InChI is InChI=1S/C20H24BrFN4O/c1-23-19(27)16-7-5-14(6-8-16)13-26-20(24-2)25-11-3-4-15-9-10-17(21)12-18(15)22/h5-10,12H,3-4,11,13H2,1-2H3,(H,23,27)(H2,24,25,26). The van der Waals surface area contributed by atoms with Crippen LogP contribution in [-0.2, 0) is 13.0 Å². The minimum Gasteiger partial charge on any atom is -0.356 e. The zero-order valence-corrected chi connectivity index (χ0v) is 17.1. The lowest BCUT2D eigenvalue weighted by Crippen LogP contribution is -2.37. The number of guanidine groups is 1. The Kier molecular flexibility index (Phi) is 8.26. The first-order valence-corrected chi connectivity index (χ1v) is 9.52. The highest BCUT2D eigenvalue weighted by Crippen LogP contribution is 2.16. The quantitative estimate of drug-likeness (QED) is 0.356. The molecule has 0 unspecified atom stereocenters. The van der Waals surface area contributed by atoms with E-state index in [1.807, 2.05) is 18.2 Å². The molecule has 0 aliphatic heterocycles. The number of nitrogens with zero attached hydrogens (tertiary/aromatic N) is 1. The molecule has 0 spiro atoms. The van der Waals surface area contributed by atoms with Crippen molar-refractivity contribution in [3.63, 3.8) is 0 Å². The number of hydrogen-bond donors (Lipinski definition) is 3. The van der Waals surface area contributed by atoms with Gasteiger partial charge in [0.25, 0.3) is 5.91 Å². The smallest absolute Gasteiger partial charge is 0.251 e. The monoisotopic (exact) mass is 434 g/mol. The Hall–Kier alpha value is -2.41. The van der Waals surface area contributed by atoms with Gasteiger partial charge in [-0.2, -0.15) is 0 Å². The van der Waals surface area contributed by atoms with E-state index in [-0.39, 0.29) is 11.7 Å². The van der Waals surface area contributed by atoms with Gasteiger partial charge in [-0.3, -0.25) is 9.79 Å². The van der Waals surface area contributed by atoms with Crippen LogP contribution in [0.15, 0.2) is 51.9 Å². The zero-order valence-electron chi connectivity index (χ0n) is 15.5. The van der Waals surface area contributed by atoms with Crippen molar-refractivity contribution in [1.29, 1.82) is 0 Å². The van der Waals surface area contributed by atoms with Crippen molar-refractivity contribution in [3.05, 3.63) is 69.4 Å². The summed E-state index contributed by atoms with van der Waals surface area (Å²) < 4.78 is 14.5. The van der Waals surface area contributed by atoms with Gasteiger partial charge in [0.15, 0.2) is 5.96 Å². The van der Waals surface area contributed by atoms with Gasteiger partial charge in [0.2, 0.25) is 0 Å². The van der Waals surface area contributed by atoms with E-state index in [0.29, 0.717) is 36.6 Å². The summed E-state index contributed by atoms with van der Waals surface area (Å²) >= 11 is 3.26. The summed E-state index contributed by atoms with van der Waals surface area (Å²) in [6.45, 7) is 1.28. The van der Waals surface area contributed by atoms with Crippen LogP contribution < -0.4 is 16.0 Å². The Bertz CT molecular complexity index is 793. The van der Waals surface area contributed by atoms with Crippen molar-refractivity contribution >= 4 is 27.8 Å². The molecular formula is C20H24BrFN4O. The zero-order chi connectivity index (χ0) is 19.6. The molecule has 2 aromatic rings. The average molecular weight is 435 g/mol. The fraction of sp³-hybridized carbons (Fsp3) is 0.300. The summed E-state index contributed by atoms with van der Waals surface area (Å²) in [5.74, 6) is 0.392. The number of benzene rings is 2. The van der Waals surface area contributed by atoms with Crippen LogP contribution in [0.3, 0.4) is 0 Å². The van der Waals surface area contributed by atoms with Crippen LogP contribution in [0, 0.1) is 5.82 Å². The van der Waals surface area contributed by atoms with Gasteiger partial charge in [0, 0.05) is 37.2 Å². The van der Waals surface area contributed by atoms with E-state index >= 15 is 0 Å². The van der Waals surface area contributed by atoms with Crippen molar-refractivity contribution in [2.24, 2.45) is 4.99 Å². The molecule has 0 saturated carbocycles. The molecule has 0 radical (unpaired) electrons. The number of rotatable bonds is 7. The summed E-state index contributed by atoms with van der Waals surface area (Å²) in [6, 6.07) is 12.5. The first-order valence-electron chi connectivity index (χ1n) is 8.73. The largest absolute Gasteiger partial charge is 0.356 e. The Labute approximate surface area is 167 Å². The first-order chi connectivity index (χ1) is 13.0. The topological polar surface area (TPSA) is 65.5 Å². The Morgan fingerprint density at radius 3 is 2.52 bits per heavy atom. The summed E-state index contributed by atoms with van der Waals surface area (Å²) in [7, 11) is 3.32. The molecule has 3 N–H and O–H groups in total. The molecule has 0 aliphatic carbocycles. The molecule has 0 saturated heterocycles. The van der Waals surface area contributed by atoms with E-state index in [9.17, 15) is 9.18 Å². The molecule has 0 fully saturated rings. The molecule has 0 heterocycles. The highest BCUT2D eigenvalue weighted by atomic mass is 79.9. The van der Waals surface area contributed by atoms with Gasteiger partial charge in [-0.05, 0) is 48.2 Å². The molecule has 2 aromatic carbocycles. The van der Waals surface area contributed by atoms with Crippen molar-refractivity contribution in [1.82, 2.24) is 16.0 Å². The van der Waals surface area contributed by atoms with Crippen LogP contribution in [0.2, 0.25) is 0 Å². The van der Waals surface area contributed by atoms with Crippen molar-refractivity contribution in [3.8, 4) is 0 Å². The van der Waals surface area contributed by atoms with Crippen molar-refractivity contribution in [2.75, 3.05) is 20.6 Å². The van der Waals surface area contributed by atoms with Crippen LogP contribution in [0.4, 0.5) is 4.39 Å². The van der Waals surface area contributed by atoms with Crippen LogP contribution in [0.1, 0.15) is 27.9 Å². The minimum absolute atomic E-state index is 0.103. The third kappa shape index (κ3) is 6.67. The second-order valence-corrected chi connectivity index (χ2v) is 6.88. The molecule has 27 heavy (non-hydrogen) atoms. The second-order valence-electron chi connectivity index (χ2n) is 5.97. The normalized spacial score (nSPS) is 11.2. The van der Waals surface area contributed by atoms with Crippen LogP contribution in [-0.4, -0.2) is 32.5 Å². The first kappa shape index (κ1) is 20.9. The van der Waals surface area contributed by atoms with Gasteiger partial charge in [0.05, 0.1) is 0 Å². The van der Waals surface area contributed by atoms with Gasteiger partial charge in [0.1, 0.15) is 5.82 Å². The maximum Gasteiger partial charge on any atom is 0.251 e. The Balaban J connectivity index is 1.75. The molecular weight excluding hydrogens is 411 g/mol. The Morgan fingerprint density at radius 2 is 1.89 bits per heavy atom. The highest BCUT2D eigenvalue weighted by Gasteiger charge is 2.05. The number of hydrogen-bond acceptors (Lipinski definition) is 2. The number of halogens is 2. The number of nitrogens with one attached hydrogen (secondary N) is 3. The molecule has 2 rings (SSSR count). The van der Waals surface area contributed by atoms with Gasteiger partial charge in [-0.1, -0.05) is 34.1 Å². The predicted molar refractivity (Wildman–Crippen MR) is 110 cm³/mol. The molecule has 0 bridgehead atoms. The van der Waals surface area contributed by atoms with Gasteiger partial charge >= 0.3 is 0 Å². The number of amides is 1. The third-order valence-corrected chi connectivity index (χ3v) is 4.55. The summed E-state index contributed by atoms with van der Waals surface area (Å²) in [4.78, 5) is 15.7. The summed E-state index contributed by atoms with van der Waals surface area (Å²) in [5.41, 5.74) is 2.38. The van der Waals surface area contributed by atoms with E-state index in [4.69, 9.17) is 0 Å². The van der Waals surface area contributed by atoms with E-state index in [2.05, 4.69) is 36.9 Å². The fourth-order valence-electron chi connectivity index (χ4n) is 2.53. The van der Waals surface area contributed by atoms with Gasteiger partial charge < -0.3 is 16.0 Å². The van der Waals surface area contributed by atoms with Gasteiger partial charge in [-0.25, -0.2) is 4.39 Å². The van der Waals surface area contributed by atoms with E-state index in [1.165, 1.54) is 6.07 Å². The summed E-state index contributed by atoms with van der Waals surface area (Å²) in [5, 5.41) is 9.04. The highest BCUT2D eigenvalue weighted by molar-refractivity contribution is 9.10. The molecule has 5 nitrogen and oxygen atoms in total. The summed E-state index contributed by atoms with van der Waals surface area (Å²) in [6.07, 6.45) is 1.45. The lowest BCUT2D eigenvalue weighted by atomic mass is 10.1. The van der Waals surface area contributed by atoms with Crippen molar-refractivity contribution in [2.45, 2.75) is 19.4 Å². The van der Waals surface area contributed by atoms with Crippen LogP contribution in [0.25, 0.3) is 0 Å². The average Bonchev–Trinajstić information content (AvgIpc) is 2.68. The molecule has 1 amide bonds. The minimum atomic E-state index is -0.188. The third-order valence-electron chi connectivity index (χ3n) is 4.06. The van der Waals surface area contributed by atoms with Crippen LogP contribution >= 0.6 is 15.9 Å². The molecule has 0 aliphatic rings. The van der Waals surface area contributed by atoms with Crippen molar-refractivity contribution < 1.29 is 9.18 Å². The lowest BCUT2D eigenvalue weighted by Gasteiger charge is -2.12. The molecule has 144 valence electrons. The molecule has 7 heteroatoms. The number of aliphatic imine (C=N–C) groups is 1. The van der Waals surface area contributed by atoms with Crippen LogP contribution in [0.5, 0.6) is 0 Å². The number of carbonyl (C=O) groups is 1. The molecule has 0 atom stereocenters. The maximum atomic E-state index is 13.8. The molecule has 0 aromatic heterocycles. The maximum absolute atomic E-state index is 13.8. The van der Waals surface area contributed by atoms with E-state index < -0.39 is 0 Å². The SMILES string of the molecule is CN=C(NCCCc1ccc(Br)cc1F)NCc1ccc(C(=O)NC)cc1. The predicted octanol–water partition coefficient (Wildman–Crippen LogP) is 3.25.